The molecule has 11 heteroatoms. The second-order valence-electron chi connectivity index (χ2n) is 8.53. The van der Waals surface area contributed by atoms with Crippen molar-refractivity contribution in [2.24, 2.45) is 5.92 Å². The number of carbonyl (C=O) groups is 1. The Kier molecular flexibility index (Phi) is 7.83. The average Bonchev–Trinajstić information content (AvgIpc) is 2.90. The molecule has 4 rings (SSSR count). The van der Waals surface area contributed by atoms with Crippen LogP contribution in [0.1, 0.15) is 18.4 Å². The number of fused-ring (bicyclic) bond motifs is 1. The molecule has 0 saturated heterocycles. The number of carboxylic acid groups (broad SMARTS) is 1. The van der Waals surface area contributed by atoms with Crippen molar-refractivity contribution in [1.29, 1.82) is 0 Å². The molecular formula is C26H24F2N4O5. The second kappa shape index (κ2) is 11.2. The molecule has 0 fully saturated rings. The number of carboxylic acids is 1. The maximum Gasteiger partial charge on any atom is 0.309 e. The molecule has 0 radical (unpaired) electrons. The van der Waals surface area contributed by atoms with E-state index in [-0.39, 0.29) is 30.3 Å². The summed E-state index contributed by atoms with van der Waals surface area (Å²) in [5.41, 5.74) is 1.95. The van der Waals surface area contributed by atoms with Gasteiger partial charge in [0, 0.05) is 30.4 Å². The average molecular weight is 510 g/mol. The molecule has 37 heavy (non-hydrogen) atoms. The largest absolute Gasteiger partial charge is 0.481 e. The summed E-state index contributed by atoms with van der Waals surface area (Å²) in [5.74, 6) is -4.22. The van der Waals surface area contributed by atoms with E-state index in [4.69, 9.17) is 4.74 Å². The number of aliphatic hydroxyl groups excluding tert-OH is 1. The number of aliphatic hydroxyl groups is 1. The lowest BCUT2D eigenvalue weighted by atomic mass is 9.93. The van der Waals surface area contributed by atoms with E-state index in [0.29, 0.717) is 12.3 Å². The van der Waals surface area contributed by atoms with Gasteiger partial charge in [0.25, 0.3) is 5.56 Å². The van der Waals surface area contributed by atoms with E-state index in [9.17, 15) is 28.6 Å². The van der Waals surface area contributed by atoms with Gasteiger partial charge in [-0.1, -0.05) is 29.5 Å². The third kappa shape index (κ3) is 5.95. The molecule has 0 spiro atoms. The monoisotopic (exact) mass is 510 g/mol. The van der Waals surface area contributed by atoms with Gasteiger partial charge in [-0.3, -0.25) is 9.59 Å². The van der Waals surface area contributed by atoms with Crippen molar-refractivity contribution in [2.75, 3.05) is 7.11 Å². The first-order valence-electron chi connectivity index (χ1n) is 11.5. The number of benzene rings is 2. The van der Waals surface area contributed by atoms with Crippen LogP contribution < -0.4 is 10.3 Å². The van der Waals surface area contributed by atoms with Gasteiger partial charge in [0.05, 0.1) is 24.5 Å². The Hall–Kier alpha value is -4.25. The van der Waals surface area contributed by atoms with Crippen molar-refractivity contribution in [3.63, 3.8) is 0 Å². The Bertz CT molecular complexity index is 1460. The zero-order chi connectivity index (χ0) is 26.5. The summed E-state index contributed by atoms with van der Waals surface area (Å²) in [6.45, 7) is -0.167. The number of rotatable bonds is 10. The molecule has 0 aliphatic heterocycles. The highest BCUT2D eigenvalue weighted by Gasteiger charge is 2.26. The van der Waals surface area contributed by atoms with Gasteiger partial charge >= 0.3 is 5.97 Å². The third-order valence-electron chi connectivity index (χ3n) is 6.16. The maximum atomic E-state index is 13.6. The number of ether oxygens (including phenoxy) is 1. The molecule has 2 aromatic carbocycles. The predicted molar refractivity (Wildman–Crippen MR) is 130 cm³/mol. The van der Waals surface area contributed by atoms with Gasteiger partial charge in [0.15, 0.2) is 11.6 Å². The normalized spacial score (nSPS) is 12.9. The SMILES string of the molecule is COc1ccc(-c2ccc(CC[C@@H](O)[C@H](CCn3nnc4cc(F)c(F)cc4c3=O)C(=O)O)cc2)cn1. The quantitative estimate of drug-likeness (QED) is 0.333. The maximum absolute atomic E-state index is 13.6. The summed E-state index contributed by atoms with van der Waals surface area (Å²) in [6.07, 6.45) is 1.04. The number of hydrogen-bond acceptors (Lipinski definition) is 7. The molecule has 2 N–H and O–H groups in total. The number of aromatic nitrogens is 4. The lowest BCUT2D eigenvalue weighted by molar-refractivity contribution is -0.146. The highest BCUT2D eigenvalue weighted by molar-refractivity contribution is 5.76. The Morgan fingerprint density at radius 2 is 1.76 bits per heavy atom. The van der Waals surface area contributed by atoms with Crippen molar-refractivity contribution < 1.29 is 28.5 Å². The molecule has 9 nitrogen and oxygen atoms in total. The number of aryl methyl sites for hydroxylation is 2. The first kappa shape index (κ1) is 25.8. The summed E-state index contributed by atoms with van der Waals surface area (Å²) in [7, 11) is 1.54. The van der Waals surface area contributed by atoms with Crippen LogP contribution in [0.25, 0.3) is 22.0 Å². The van der Waals surface area contributed by atoms with E-state index in [1.54, 1.807) is 19.4 Å². The summed E-state index contributed by atoms with van der Waals surface area (Å²) >= 11 is 0. The van der Waals surface area contributed by atoms with Gasteiger partial charge < -0.3 is 14.9 Å². The summed E-state index contributed by atoms with van der Waals surface area (Å²) in [5, 5.41) is 27.5. The number of pyridine rings is 1. The van der Waals surface area contributed by atoms with Crippen LogP contribution in [0, 0.1) is 17.6 Å². The van der Waals surface area contributed by atoms with E-state index in [1.807, 2.05) is 30.3 Å². The molecule has 0 unspecified atom stereocenters. The molecule has 4 aromatic rings. The predicted octanol–water partition coefficient (Wildman–Crippen LogP) is 3.22. The minimum absolute atomic E-state index is 0.107. The van der Waals surface area contributed by atoms with Gasteiger partial charge in [-0.25, -0.2) is 18.4 Å². The molecule has 0 saturated carbocycles. The minimum atomic E-state index is -1.22. The van der Waals surface area contributed by atoms with Crippen LogP contribution in [0.3, 0.4) is 0 Å². The zero-order valence-corrected chi connectivity index (χ0v) is 19.8. The van der Waals surface area contributed by atoms with Gasteiger partial charge in [-0.2, -0.15) is 0 Å². The molecule has 0 aliphatic carbocycles. The van der Waals surface area contributed by atoms with Crippen LogP contribution >= 0.6 is 0 Å². The number of methoxy groups -OCH3 is 1. The minimum Gasteiger partial charge on any atom is -0.481 e. The first-order chi connectivity index (χ1) is 17.8. The Balaban J connectivity index is 1.38. The number of halogens is 2. The standard InChI is InChI=1S/C26H24F2N4O5/c1-37-24-9-7-17(14-29-24)16-5-2-15(3-6-16)4-8-23(33)18(26(35)36)10-11-32-25(34)19-12-20(27)21(28)13-22(19)30-31-32/h2-3,5-7,9,12-14,18,23,33H,4,8,10-11H2,1H3,(H,35,36)/t18-,23+/m0/s1. The van der Waals surface area contributed by atoms with Crippen molar-refractivity contribution in [3.8, 4) is 17.0 Å². The van der Waals surface area contributed by atoms with Crippen LogP contribution in [0.15, 0.2) is 59.5 Å². The van der Waals surface area contributed by atoms with Crippen LogP contribution in [-0.4, -0.2) is 49.4 Å². The number of aliphatic carboxylic acids is 1. The van der Waals surface area contributed by atoms with Gasteiger partial charge in [0.2, 0.25) is 5.88 Å². The van der Waals surface area contributed by atoms with Crippen LogP contribution in [0.5, 0.6) is 5.88 Å². The number of nitrogens with zero attached hydrogens (tertiary/aromatic N) is 4. The Morgan fingerprint density at radius 1 is 1.05 bits per heavy atom. The lowest BCUT2D eigenvalue weighted by Crippen LogP contribution is -2.32. The highest BCUT2D eigenvalue weighted by Crippen LogP contribution is 2.22. The second-order valence-corrected chi connectivity index (χ2v) is 8.53. The van der Waals surface area contributed by atoms with E-state index in [0.717, 1.165) is 33.5 Å². The van der Waals surface area contributed by atoms with Gasteiger partial charge in [-0.05, 0) is 42.5 Å². The highest BCUT2D eigenvalue weighted by atomic mass is 19.2. The van der Waals surface area contributed by atoms with Crippen molar-refractivity contribution in [2.45, 2.75) is 31.9 Å². The zero-order valence-electron chi connectivity index (χ0n) is 19.8. The molecule has 0 amide bonds. The lowest BCUT2D eigenvalue weighted by Gasteiger charge is -2.19. The molecule has 0 aliphatic rings. The van der Waals surface area contributed by atoms with E-state index < -0.39 is 35.2 Å². The van der Waals surface area contributed by atoms with Crippen LogP contribution in [-0.2, 0) is 17.8 Å². The fraction of sp³-hybridized carbons (Fsp3) is 0.269. The van der Waals surface area contributed by atoms with Gasteiger partial charge in [-0.15, -0.1) is 5.10 Å². The summed E-state index contributed by atoms with van der Waals surface area (Å²) < 4.78 is 32.9. The fourth-order valence-corrected chi connectivity index (χ4v) is 4.01. The summed E-state index contributed by atoms with van der Waals surface area (Å²) in [6, 6.07) is 12.8. The van der Waals surface area contributed by atoms with Crippen LogP contribution in [0.2, 0.25) is 0 Å². The Labute approximate surface area is 210 Å². The molecule has 2 atom stereocenters. The molecular weight excluding hydrogens is 486 g/mol. The molecule has 0 bridgehead atoms. The van der Waals surface area contributed by atoms with Gasteiger partial charge in [0.1, 0.15) is 5.52 Å². The van der Waals surface area contributed by atoms with E-state index in [1.165, 1.54) is 0 Å². The van der Waals surface area contributed by atoms with Crippen molar-refractivity contribution in [3.05, 3.63) is 82.3 Å². The fourth-order valence-electron chi connectivity index (χ4n) is 4.01. The van der Waals surface area contributed by atoms with E-state index in [2.05, 4.69) is 15.3 Å². The molecule has 2 heterocycles. The third-order valence-corrected chi connectivity index (χ3v) is 6.16. The molecule has 2 aromatic heterocycles. The van der Waals surface area contributed by atoms with Crippen LogP contribution in [0.4, 0.5) is 8.78 Å². The smallest absolute Gasteiger partial charge is 0.309 e. The van der Waals surface area contributed by atoms with Crippen molar-refractivity contribution in [1.82, 2.24) is 20.0 Å². The molecule has 192 valence electrons. The first-order valence-corrected chi connectivity index (χ1v) is 11.5. The Morgan fingerprint density at radius 3 is 2.41 bits per heavy atom. The summed E-state index contributed by atoms with van der Waals surface area (Å²) in [4.78, 5) is 28.6. The number of hydrogen-bond donors (Lipinski definition) is 2. The van der Waals surface area contributed by atoms with E-state index >= 15 is 0 Å². The topological polar surface area (TPSA) is 127 Å². The van der Waals surface area contributed by atoms with Crippen molar-refractivity contribution >= 4 is 16.9 Å².